The van der Waals surface area contributed by atoms with Gasteiger partial charge >= 0.3 is 10.2 Å². The number of fused-ring (bicyclic) bond motifs is 1. The molecule has 0 saturated carbocycles. The molecule has 0 radical (unpaired) electrons. The number of hydrogen-bond donors (Lipinski definition) is 1. The molecule has 3 rings (SSSR count). The number of nitrogens with zero attached hydrogens (tertiary/aromatic N) is 2. The van der Waals surface area contributed by atoms with E-state index in [1.165, 1.54) is 4.31 Å². The van der Waals surface area contributed by atoms with E-state index in [2.05, 4.69) is 6.92 Å². The van der Waals surface area contributed by atoms with Gasteiger partial charge in [-0.2, -0.15) is 12.7 Å². The molecule has 0 amide bonds. The SMILES string of the molecule is CC1CCN(S(=O)(=O)N2CCc3c(N)cccc32)CC1. The van der Waals surface area contributed by atoms with E-state index in [4.69, 9.17) is 5.73 Å². The lowest BCUT2D eigenvalue weighted by Gasteiger charge is -2.33. The van der Waals surface area contributed by atoms with Crippen molar-refractivity contribution in [1.29, 1.82) is 0 Å². The highest BCUT2D eigenvalue weighted by Crippen LogP contribution is 2.35. The highest BCUT2D eigenvalue weighted by molar-refractivity contribution is 7.90. The van der Waals surface area contributed by atoms with Crippen molar-refractivity contribution in [2.75, 3.05) is 29.7 Å². The highest BCUT2D eigenvalue weighted by atomic mass is 32.2. The van der Waals surface area contributed by atoms with Crippen LogP contribution in [0.4, 0.5) is 11.4 Å². The third kappa shape index (κ3) is 2.16. The smallest absolute Gasteiger partial charge is 0.304 e. The van der Waals surface area contributed by atoms with Gasteiger partial charge in [-0.3, -0.25) is 4.31 Å². The van der Waals surface area contributed by atoms with E-state index in [1.807, 2.05) is 18.2 Å². The van der Waals surface area contributed by atoms with Gasteiger partial charge in [0.05, 0.1) is 5.69 Å². The standard InChI is InChI=1S/C14H21N3O2S/c1-11-5-8-16(9-6-11)20(18,19)17-10-7-12-13(15)3-2-4-14(12)17/h2-4,11H,5-10,15H2,1H3. The van der Waals surface area contributed by atoms with Crippen LogP contribution in [0.5, 0.6) is 0 Å². The first-order valence-corrected chi connectivity index (χ1v) is 8.55. The number of anilines is 2. The maximum Gasteiger partial charge on any atom is 0.304 e. The monoisotopic (exact) mass is 295 g/mol. The van der Waals surface area contributed by atoms with Crippen molar-refractivity contribution >= 4 is 21.6 Å². The Morgan fingerprint density at radius 2 is 1.90 bits per heavy atom. The molecule has 0 unspecified atom stereocenters. The Labute approximate surface area is 120 Å². The summed E-state index contributed by atoms with van der Waals surface area (Å²) >= 11 is 0. The van der Waals surface area contributed by atoms with Crippen LogP contribution in [0.3, 0.4) is 0 Å². The van der Waals surface area contributed by atoms with Crippen molar-refractivity contribution < 1.29 is 8.42 Å². The molecular formula is C14H21N3O2S. The van der Waals surface area contributed by atoms with Crippen molar-refractivity contribution in [2.24, 2.45) is 5.92 Å². The Kier molecular flexibility index (Phi) is 3.38. The van der Waals surface area contributed by atoms with E-state index < -0.39 is 10.2 Å². The molecule has 2 aliphatic rings. The fourth-order valence-electron chi connectivity index (χ4n) is 3.03. The van der Waals surface area contributed by atoms with Gasteiger partial charge in [-0.25, -0.2) is 0 Å². The number of nitrogens with two attached hydrogens (primary N) is 1. The zero-order valence-electron chi connectivity index (χ0n) is 11.7. The summed E-state index contributed by atoms with van der Waals surface area (Å²) < 4.78 is 28.7. The average Bonchev–Trinajstić information content (AvgIpc) is 2.85. The second-order valence-corrected chi connectivity index (χ2v) is 7.61. The predicted octanol–water partition coefficient (Wildman–Crippen LogP) is 1.61. The molecule has 2 aliphatic heterocycles. The molecule has 2 heterocycles. The molecule has 1 aromatic rings. The summed E-state index contributed by atoms with van der Waals surface area (Å²) in [5.74, 6) is 0.614. The summed E-state index contributed by atoms with van der Waals surface area (Å²) in [6, 6.07) is 5.50. The summed E-state index contributed by atoms with van der Waals surface area (Å²) in [4.78, 5) is 0. The van der Waals surface area contributed by atoms with Crippen molar-refractivity contribution in [3.63, 3.8) is 0 Å². The number of benzene rings is 1. The minimum Gasteiger partial charge on any atom is -0.398 e. The summed E-state index contributed by atoms with van der Waals surface area (Å²) in [6.45, 7) is 3.92. The van der Waals surface area contributed by atoms with Crippen LogP contribution in [0.2, 0.25) is 0 Å². The van der Waals surface area contributed by atoms with E-state index >= 15 is 0 Å². The first-order valence-electron chi connectivity index (χ1n) is 7.15. The number of piperidine rings is 1. The first-order chi connectivity index (χ1) is 9.50. The van der Waals surface area contributed by atoms with Crippen molar-refractivity contribution in [3.8, 4) is 0 Å². The fraction of sp³-hybridized carbons (Fsp3) is 0.571. The van der Waals surface area contributed by atoms with Crippen molar-refractivity contribution in [1.82, 2.24) is 4.31 Å². The van der Waals surface area contributed by atoms with Gasteiger partial charge in [-0.05, 0) is 37.3 Å². The molecule has 1 saturated heterocycles. The van der Waals surface area contributed by atoms with Gasteiger partial charge in [0, 0.05) is 30.9 Å². The minimum atomic E-state index is -3.40. The Hall–Kier alpha value is -1.27. The molecule has 1 aromatic carbocycles. The van der Waals surface area contributed by atoms with E-state index in [1.54, 1.807) is 4.31 Å². The Morgan fingerprint density at radius 3 is 2.60 bits per heavy atom. The van der Waals surface area contributed by atoms with Crippen LogP contribution in [0.25, 0.3) is 0 Å². The Bertz CT molecular complexity index is 607. The van der Waals surface area contributed by atoms with Crippen LogP contribution >= 0.6 is 0 Å². The zero-order chi connectivity index (χ0) is 14.3. The maximum absolute atomic E-state index is 12.8. The van der Waals surface area contributed by atoms with Crippen LogP contribution in [0.15, 0.2) is 18.2 Å². The number of rotatable bonds is 2. The van der Waals surface area contributed by atoms with E-state index in [0.29, 0.717) is 37.7 Å². The average molecular weight is 295 g/mol. The molecule has 0 bridgehead atoms. The zero-order valence-corrected chi connectivity index (χ0v) is 12.6. The molecule has 110 valence electrons. The van der Waals surface area contributed by atoms with Crippen molar-refractivity contribution in [2.45, 2.75) is 26.2 Å². The molecule has 1 fully saturated rings. The summed E-state index contributed by atoms with van der Waals surface area (Å²) in [5.41, 5.74) is 8.34. The summed E-state index contributed by atoms with van der Waals surface area (Å²) in [5, 5.41) is 0. The van der Waals surface area contributed by atoms with Gasteiger partial charge < -0.3 is 5.73 Å². The van der Waals surface area contributed by atoms with Gasteiger partial charge in [0.2, 0.25) is 0 Å². The number of hydrogen-bond acceptors (Lipinski definition) is 3. The van der Waals surface area contributed by atoms with Gasteiger partial charge in [0.25, 0.3) is 0 Å². The first kappa shape index (κ1) is 13.7. The molecule has 0 aromatic heterocycles. The molecule has 2 N–H and O–H groups in total. The quantitative estimate of drug-likeness (QED) is 0.843. The molecule has 0 aliphatic carbocycles. The van der Waals surface area contributed by atoms with Crippen LogP contribution in [0.1, 0.15) is 25.3 Å². The topological polar surface area (TPSA) is 66.6 Å². The fourth-order valence-corrected chi connectivity index (χ4v) is 4.72. The molecule has 5 nitrogen and oxygen atoms in total. The highest BCUT2D eigenvalue weighted by Gasteiger charge is 2.36. The number of nitrogen functional groups attached to an aromatic ring is 1. The molecular weight excluding hydrogens is 274 g/mol. The van der Waals surface area contributed by atoms with Crippen LogP contribution in [-0.4, -0.2) is 32.4 Å². The molecule has 0 atom stereocenters. The molecule has 20 heavy (non-hydrogen) atoms. The lowest BCUT2D eigenvalue weighted by atomic mass is 10.0. The summed E-state index contributed by atoms with van der Waals surface area (Å²) in [6.07, 6.45) is 2.58. The maximum atomic E-state index is 12.8. The second kappa shape index (κ2) is 4.93. The van der Waals surface area contributed by atoms with Crippen LogP contribution in [0, 0.1) is 5.92 Å². The predicted molar refractivity (Wildman–Crippen MR) is 80.8 cm³/mol. The normalized spacial score (nSPS) is 21.1. The van der Waals surface area contributed by atoms with Gasteiger partial charge in [-0.1, -0.05) is 13.0 Å². The van der Waals surface area contributed by atoms with Gasteiger partial charge in [-0.15, -0.1) is 0 Å². The van der Waals surface area contributed by atoms with Gasteiger partial charge in [0.1, 0.15) is 0 Å². The van der Waals surface area contributed by atoms with E-state index in [9.17, 15) is 8.42 Å². The van der Waals surface area contributed by atoms with Crippen molar-refractivity contribution in [3.05, 3.63) is 23.8 Å². The molecule has 6 heteroatoms. The molecule has 0 spiro atoms. The van der Waals surface area contributed by atoms with Crippen LogP contribution < -0.4 is 10.0 Å². The minimum absolute atomic E-state index is 0.498. The van der Waals surface area contributed by atoms with Gasteiger partial charge in [0.15, 0.2) is 0 Å². The third-order valence-corrected chi connectivity index (χ3v) is 6.32. The lowest BCUT2D eigenvalue weighted by molar-refractivity contribution is 0.287. The van der Waals surface area contributed by atoms with Crippen LogP contribution in [-0.2, 0) is 16.6 Å². The Morgan fingerprint density at radius 1 is 1.20 bits per heavy atom. The van der Waals surface area contributed by atoms with E-state index in [0.717, 1.165) is 24.1 Å². The third-order valence-electron chi connectivity index (χ3n) is 4.37. The largest absolute Gasteiger partial charge is 0.398 e. The lowest BCUT2D eigenvalue weighted by Crippen LogP contribution is -2.46. The second-order valence-electron chi connectivity index (χ2n) is 5.76. The van der Waals surface area contributed by atoms with E-state index in [-0.39, 0.29) is 0 Å². The summed E-state index contributed by atoms with van der Waals surface area (Å²) in [7, 11) is -3.40. The Balaban J connectivity index is 1.89.